The number of aldehydes is 1. The van der Waals surface area contributed by atoms with E-state index in [1.807, 2.05) is 0 Å². The normalized spacial score (nSPS) is 16.2. The summed E-state index contributed by atoms with van der Waals surface area (Å²) >= 11 is 0. The highest BCUT2D eigenvalue weighted by atomic mass is 16.1. The van der Waals surface area contributed by atoms with Crippen LogP contribution >= 0.6 is 0 Å². The third-order valence-corrected chi connectivity index (χ3v) is 0.730. The van der Waals surface area contributed by atoms with Crippen molar-refractivity contribution in [3.63, 3.8) is 0 Å². The number of carbonyl (C=O) groups excluding carboxylic acids is 1. The summed E-state index contributed by atoms with van der Waals surface area (Å²) in [6.07, 6.45) is 1.75. The molecule has 0 amide bonds. The van der Waals surface area contributed by atoms with E-state index in [0.717, 1.165) is 4.68 Å². The van der Waals surface area contributed by atoms with Crippen molar-refractivity contribution >= 4 is 6.29 Å². The van der Waals surface area contributed by atoms with Crippen LogP contribution in [0.2, 0.25) is 0 Å². The number of nitrogens with zero attached hydrogens (tertiary/aromatic N) is 2. The molecular formula is C5H6N2O. The molecule has 0 aromatic carbocycles. The Kier molecular flexibility index (Phi) is 0.541. The summed E-state index contributed by atoms with van der Waals surface area (Å²) in [6.45, 7) is -2.29. The van der Waals surface area contributed by atoms with Gasteiger partial charge in [-0.3, -0.25) is 9.48 Å². The van der Waals surface area contributed by atoms with Crippen LogP contribution in [0.4, 0.5) is 0 Å². The van der Waals surface area contributed by atoms with Crippen molar-refractivity contribution in [1.29, 1.82) is 0 Å². The molecule has 8 heavy (non-hydrogen) atoms. The zero-order valence-electron chi connectivity index (χ0n) is 7.03. The molecule has 1 rings (SSSR count). The monoisotopic (exact) mass is 113 g/mol. The van der Waals surface area contributed by atoms with Crippen molar-refractivity contribution < 1.29 is 8.91 Å². The molecule has 0 atom stereocenters. The van der Waals surface area contributed by atoms with Crippen LogP contribution in [0.3, 0.4) is 0 Å². The second kappa shape index (κ2) is 1.78. The van der Waals surface area contributed by atoms with E-state index in [1.165, 1.54) is 12.3 Å². The fourth-order valence-electron chi connectivity index (χ4n) is 0.401. The van der Waals surface area contributed by atoms with E-state index < -0.39 is 6.98 Å². The lowest BCUT2D eigenvalue weighted by atomic mass is 10.5. The van der Waals surface area contributed by atoms with Gasteiger partial charge in [-0.25, -0.2) is 0 Å². The molecule has 0 unspecified atom stereocenters. The van der Waals surface area contributed by atoms with Gasteiger partial charge in [0.15, 0.2) is 6.29 Å². The summed E-state index contributed by atoms with van der Waals surface area (Å²) in [5.41, 5.74) is 0.126. The molecular weight excluding hydrogens is 104 g/mol. The van der Waals surface area contributed by atoms with Crippen molar-refractivity contribution in [2.45, 2.75) is 0 Å². The maximum absolute atomic E-state index is 10.1. The molecule has 0 spiro atoms. The summed E-state index contributed by atoms with van der Waals surface area (Å²) in [7, 11) is 0. The van der Waals surface area contributed by atoms with Crippen LogP contribution in [0.5, 0.6) is 0 Å². The minimum Gasteiger partial charge on any atom is -0.296 e. The Hall–Kier alpha value is -1.12. The number of rotatable bonds is 1. The van der Waals surface area contributed by atoms with Crippen molar-refractivity contribution in [3.05, 3.63) is 18.0 Å². The molecule has 42 valence electrons. The third-order valence-electron chi connectivity index (χ3n) is 0.730. The molecule has 1 aromatic heterocycles. The Balaban J connectivity index is 2.98. The highest BCUT2D eigenvalue weighted by Crippen LogP contribution is 1.86. The Bertz CT molecular complexity index is 265. The van der Waals surface area contributed by atoms with Crippen molar-refractivity contribution in [3.8, 4) is 0 Å². The summed E-state index contributed by atoms with van der Waals surface area (Å²) in [4.78, 5) is 10.1. The van der Waals surface area contributed by atoms with Crippen LogP contribution in [0.1, 0.15) is 14.6 Å². The number of aromatic nitrogens is 2. The number of carbonyl (C=O) groups is 1. The van der Waals surface area contributed by atoms with E-state index in [1.54, 1.807) is 0 Å². The van der Waals surface area contributed by atoms with Crippen molar-refractivity contribution in [1.82, 2.24) is 9.78 Å². The minimum absolute atomic E-state index is 0.126. The van der Waals surface area contributed by atoms with Gasteiger partial charge in [-0.1, -0.05) is 0 Å². The van der Waals surface area contributed by atoms with Gasteiger partial charge in [0.25, 0.3) is 0 Å². The number of hydrogen-bond acceptors (Lipinski definition) is 2. The summed E-state index contributed by atoms with van der Waals surface area (Å²) in [5.74, 6) is 0. The molecule has 0 aliphatic heterocycles. The largest absolute Gasteiger partial charge is 0.296 e. The number of aryl methyl sites for hydroxylation is 1. The predicted octanol–water partition coefficient (Wildman–Crippen LogP) is 0.233. The second-order valence-corrected chi connectivity index (χ2v) is 1.30. The molecule has 0 radical (unpaired) electrons. The fraction of sp³-hybridized carbons (Fsp3) is 0.200. The first-order valence-corrected chi connectivity index (χ1v) is 2.05. The van der Waals surface area contributed by atoms with E-state index in [0.29, 0.717) is 6.29 Å². The van der Waals surface area contributed by atoms with Crippen LogP contribution in [-0.4, -0.2) is 16.1 Å². The van der Waals surface area contributed by atoms with E-state index in [2.05, 4.69) is 5.10 Å². The third kappa shape index (κ3) is 0.753. The fourth-order valence-corrected chi connectivity index (χ4v) is 0.401. The van der Waals surface area contributed by atoms with Gasteiger partial charge in [0.05, 0.1) is 0 Å². The Morgan fingerprint density at radius 2 is 3.00 bits per heavy atom. The molecule has 0 aliphatic carbocycles. The van der Waals surface area contributed by atoms with E-state index in [9.17, 15) is 4.79 Å². The van der Waals surface area contributed by atoms with E-state index in [-0.39, 0.29) is 5.69 Å². The zero-order chi connectivity index (χ0) is 8.48. The lowest BCUT2D eigenvalue weighted by molar-refractivity contribution is 0.111. The molecule has 0 saturated carbocycles. The summed E-state index contributed by atoms with van der Waals surface area (Å²) < 4.78 is 21.4. The van der Waals surface area contributed by atoms with Crippen LogP contribution in [-0.2, 0) is 6.98 Å². The van der Waals surface area contributed by atoms with Gasteiger partial charge in [-0.2, -0.15) is 5.10 Å². The molecule has 3 heteroatoms. The van der Waals surface area contributed by atoms with Crippen LogP contribution < -0.4 is 0 Å². The highest BCUT2D eigenvalue weighted by Gasteiger charge is 1.88. The van der Waals surface area contributed by atoms with Gasteiger partial charge in [-0.05, 0) is 6.07 Å². The Morgan fingerprint density at radius 1 is 2.12 bits per heavy atom. The van der Waals surface area contributed by atoms with Gasteiger partial charge in [0.1, 0.15) is 5.69 Å². The molecule has 0 bridgehead atoms. The van der Waals surface area contributed by atoms with Crippen LogP contribution in [0.15, 0.2) is 12.3 Å². The average Bonchev–Trinajstić information content (AvgIpc) is 2.32. The van der Waals surface area contributed by atoms with Gasteiger partial charge in [0, 0.05) is 17.3 Å². The SMILES string of the molecule is [2H]C([2H])([2H])n1ccc(C=O)n1. The van der Waals surface area contributed by atoms with Crippen LogP contribution in [0.25, 0.3) is 0 Å². The number of hydrogen-bond donors (Lipinski definition) is 0. The predicted molar refractivity (Wildman–Crippen MR) is 28.6 cm³/mol. The van der Waals surface area contributed by atoms with E-state index in [4.69, 9.17) is 4.11 Å². The topological polar surface area (TPSA) is 34.9 Å². The lowest BCUT2D eigenvalue weighted by Gasteiger charge is -1.79. The molecule has 0 aliphatic rings. The second-order valence-electron chi connectivity index (χ2n) is 1.30. The smallest absolute Gasteiger partial charge is 0.170 e. The maximum Gasteiger partial charge on any atom is 0.170 e. The minimum atomic E-state index is -2.29. The first kappa shape index (κ1) is 2.44. The van der Waals surface area contributed by atoms with Gasteiger partial charge in [-0.15, -0.1) is 0 Å². The quantitative estimate of drug-likeness (QED) is 0.489. The summed E-state index contributed by atoms with van der Waals surface area (Å²) in [5, 5.41) is 3.49. The van der Waals surface area contributed by atoms with Gasteiger partial charge in [0.2, 0.25) is 0 Å². The highest BCUT2D eigenvalue weighted by molar-refractivity contribution is 5.71. The first-order chi connectivity index (χ1) is 5.04. The summed E-state index contributed by atoms with van der Waals surface area (Å²) in [6, 6.07) is 1.35. The first-order valence-electron chi connectivity index (χ1n) is 3.55. The molecule has 0 saturated heterocycles. The molecule has 0 fully saturated rings. The van der Waals surface area contributed by atoms with Crippen molar-refractivity contribution in [2.75, 3.05) is 0 Å². The Morgan fingerprint density at radius 3 is 3.38 bits per heavy atom. The van der Waals surface area contributed by atoms with Crippen molar-refractivity contribution in [2.24, 2.45) is 6.98 Å². The molecule has 3 nitrogen and oxygen atoms in total. The maximum atomic E-state index is 10.1. The van der Waals surface area contributed by atoms with Gasteiger partial charge < -0.3 is 0 Å². The molecule has 1 heterocycles. The average molecular weight is 113 g/mol. The standard InChI is InChI=1S/C5H6N2O/c1-7-3-2-5(4-8)6-7/h2-4H,1H3/i1D3. The zero-order valence-corrected chi connectivity index (χ0v) is 4.03. The Labute approximate surface area is 51.1 Å². The van der Waals surface area contributed by atoms with Gasteiger partial charge >= 0.3 is 0 Å². The van der Waals surface area contributed by atoms with Crippen LogP contribution in [0, 0.1) is 0 Å². The molecule has 1 aromatic rings. The van der Waals surface area contributed by atoms with E-state index >= 15 is 0 Å². The lowest BCUT2D eigenvalue weighted by Crippen LogP contribution is -1.88. The molecule has 0 N–H and O–H groups in total.